The fourth-order valence-electron chi connectivity index (χ4n) is 2.94. The third-order valence-electron chi connectivity index (χ3n) is 4.62. The van der Waals surface area contributed by atoms with Crippen LogP contribution in [0.5, 0.6) is 11.5 Å². The van der Waals surface area contributed by atoms with Crippen molar-refractivity contribution in [1.82, 2.24) is 0 Å². The molecule has 5 nitrogen and oxygen atoms in total. The van der Waals surface area contributed by atoms with Gasteiger partial charge in [0.2, 0.25) is 0 Å². The zero-order valence-electron chi connectivity index (χ0n) is 16.8. The molecular formula is C23H20BrCl2NO4. The quantitative estimate of drug-likeness (QED) is 0.333. The van der Waals surface area contributed by atoms with Crippen LogP contribution < -0.4 is 14.8 Å². The van der Waals surface area contributed by atoms with Gasteiger partial charge in [0.15, 0.2) is 11.5 Å². The summed E-state index contributed by atoms with van der Waals surface area (Å²) < 4.78 is 12.2. The molecule has 0 bridgehead atoms. The summed E-state index contributed by atoms with van der Waals surface area (Å²) in [5.74, 6) is 0.180. The zero-order valence-corrected chi connectivity index (χ0v) is 19.9. The summed E-state index contributed by atoms with van der Waals surface area (Å²) in [7, 11) is 1.57. The number of anilines is 1. The maximum Gasteiger partial charge on any atom is 0.335 e. The number of halogens is 3. The maximum atomic E-state index is 11.2. The number of carbonyl (C=O) groups is 1. The number of hydrogen-bond donors (Lipinski definition) is 2. The molecule has 0 spiro atoms. The van der Waals surface area contributed by atoms with Gasteiger partial charge in [-0.2, -0.15) is 0 Å². The van der Waals surface area contributed by atoms with Crippen LogP contribution >= 0.6 is 39.1 Å². The first-order valence-electron chi connectivity index (χ1n) is 9.29. The molecule has 8 heteroatoms. The number of aryl methyl sites for hydroxylation is 1. The molecule has 31 heavy (non-hydrogen) atoms. The van der Waals surface area contributed by atoms with Gasteiger partial charge in [-0.25, -0.2) is 4.79 Å². The van der Waals surface area contributed by atoms with E-state index in [9.17, 15) is 9.90 Å². The van der Waals surface area contributed by atoms with E-state index in [1.807, 2.05) is 25.1 Å². The molecule has 3 rings (SSSR count). The molecule has 0 aliphatic rings. The number of hydrogen-bond acceptors (Lipinski definition) is 4. The lowest BCUT2D eigenvalue weighted by Gasteiger charge is -2.16. The standard InChI is InChI=1S/C23H20BrCl2NO4/c1-13-3-5-16(23(28)29)10-20(13)27-11-15-7-17(24)22(21(9-15)30-2)31-12-14-4-6-18(25)19(26)8-14/h3-10,27H,11-12H2,1-2H3,(H,28,29). The van der Waals surface area contributed by atoms with Crippen molar-refractivity contribution in [2.45, 2.75) is 20.1 Å². The van der Waals surface area contributed by atoms with E-state index in [2.05, 4.69) is 21.2 Å². The molecule has 0 radical (unpaired) electrons. The zero-order chi connectivity index (χ0) is 22.5. The van der Waals surface area contributed by atoms with Crippen molar-refractivity contribution < 1.29 is 19.4 Å². The number of aromatic carboxylic acids is 1. The first-order valence-corrected chi connectivity index (χ1v) is 10.8. The molecule has 0 heterocycles. The van der Waals surface area contributed by atoms with Gasteiger partial charge >= 0.3 is 5.97 Å². The summed E-state index contributed by atoms with van der Waals surface area (Å²) in [6, 6.07) is 14.1. The highest BCUT2D eigenvalue weighted by atomic mass is 79.9. The second kappa shape index (κ2) is 10.3. The molecule has 2 N–H and O–H groups in total. The number of benzene rings is 3. The normalized spacial score (nSPS) is 10.6. The molecule has 0 aliphatic carbocycles. The highest BCUT2D eigenvalue weighted by molar-refractivity contribution is 9.10. The van der Waals surface area contributed by atoms with Gasteiger partial charge in [0.05, 0.1) is 27.2 Å². The lowest BCUT2D eigenvalue weighted by molar-refractivity contribution is 0.0697. The van der Waals surface area contributed by atoms with Crippen LogP contribution in [-0.2, 0) is 13.2 Å². The Labute approximate surface area is 199 Å². The predicted octanol–water partition coefficient (Wildman–Crippen LogP) is 6.96. The summed E-state index contributed by atoms with van der Waals surface area (Å²) in [5.41, 5.74) is 3.76. The third kappa shape index (κ3) is 5.85. The fraction of sp³-hybridized carbons (Fsp3) is 0.174. The van der Waals surface area contributed by atoms with E-state index in [-0.39, 0.29) is 5.56 Å². The van der Waals surface area contributed by atoms with Gasteiger partial charge in [0.1, 0.15) is 6.61 Å². The molecule has 0 unspecified atom stereocenters. The maximum absolute atomic E-state index is 11.2. The Hall–Kier alpha value is -2.41. The smallest absolute Gasteiger partial charge is 0.335 e. The third-order valence-corrected chi connectivity index (χ3v) is 5.95. The van der Waals surface area contributed by atoms with Gasteiger partial charge in [-0.15, -0.1) is 0 Å². The second-order valence-electron chi connectivity index (χ2n) is 6.83. The second-order valence-corrected chi connectivity index (χ2v) is 8.50. The van der Waals surface area contributed by atoms with Crippen LogP contribution in [0.1, 0.15) is 27.0 Å². The Morgan fingerprint density at radius 1 is 1.06 bits per heavy atom. The Morgan fingerprint density at radius 2 is 1.84 bits per heavy atom. The van der Waals surface area contributed by atoms with Crippen LogP contribution in [-0.4, -0.2) is 18.2 Å². The molecule has 162 valence electrons. The van der Waals surface area contributed by atoms with Gasteiger partial charge in [-0.3, -0.25) is 0 Å². The highest BCUT2D eigenvalue weighted by Gasteiger charge is 2.13. The largest absolute Gasteiger partial charge is 0.493 e. The number of nitrogens with one attached hydrogen (secondary N) is 1. The molecular weight excluding hydrogens is 505 g/mol. The lowest BCUT2D eigenvalue weighted by atomic mass is 10.1. The van der Waals surface area contributed by atoms with Crippen molar-refractivity contribution in [3.8, 4) is 11.5 Å². The summed E-state index contributed by atoms with van der Waals surface area (Å²) in [6.45, 7) is 2.70. The van der Waals surface area contributed by atoms with E-state index in [1.54, 1.807) is 37.4 Å². The molecule has 0 saturated carbocycles. The molecule has 3 aromatic carbocycles. The number of carboxylic acid groups (broad SMARTS) is 1. The van der Waals surface area contributed by atoms with Crippen LogP contribution in [0.15, 0.2) is 53.0 Å². The Bertz CT molecular complexity index is 1120. The van der Waals surface area contributed by atoms with Crippen molar-refractivity contribution in [3.05, 3.63) is 85.3 Å². The van der Waals surface area contributed by atoms with Gasteiger partial charge < -0.3 is 19.9 Å². The van der Waals surface area contributed by atoms with E-state index in [1.165, 1.54) is 0 Å². The lowest BCUT2D eigenvalue weighted by Crippen LogP contribution is -2.05. The fourth-order valence-corrected chi connectivity index (χ4v) is 3.87. The Balaban J connectivity index is 1.75. The van der Waals surface area contributed by atoms with Crippen molar-refractivity contribution in [1.29, 1.82) is 0 Å². The van der Waals surface area contributed by atoms with E-state index in [4.69, 9.17) is 32.7 Å². The summed E-state index contributed by atoms with van der Waals surface area (Å²) in [5, 5.41) is 13.4. The summed E-state index contributed by atoms with van der Waals surface area (Å²) >= 11 is 15.6. The van der Waals surface area contributed by atoms with E-state index < -0.39 is 5.97 Å². The van der Waals surface area contributed by atoms with E-state index >= 15 is 0 Å². The van der Waals surface area contributed by atoms with Crippen LogP contribution in [0.3, 0.4) is 0 Å². The minimum atomic E-state index is -0.962. The number of methoxy groups -OCH3 is 1. The minimum absolute atomic E-state index is 0.234. The van der Waals surface area contributed by atoms with E-state index in [0.29, 0.717) is 34.7 Å². The van der Waals surface area contributed by atoms with Crippen molar-refractivity contribution >= 4 is 50.8 Å². The molecule has 0 aromatic heterocycles. The first kappa shape index (κ1) is 23.3. The van der Waals surface area contributed by atoms with Crippen molar-refractivity contribution in [3.63, 3.8) is 0 Å². The van der Waals surface area contributed by atoms with E-state index in [0.717, 1.165) is 26.9 Å². The van der Waals surface area contributed by atoms with Gasteiger partial charge in [-0.1, -0.05) is 35.3 Å². The molecule has 0 saturated heterocycles. The number of carboxylic acids is 1. The van der Waals surface area contributed by atoms with Crippen LogP contribution in [0.4, 0.5) is 5.69 Å². The predicted molar refractivity (Wildman–Crippen MR) is 127 cm³/mol. The topological polar surface area (TPSA) is 67.8 Å². The number of ether oxygens (including phenoxy) is 2. The highest BCUT2D eigenvalue weighted by Crippen LogP contribution is 2.37. The van der Waals surface area contributed by atoms with Crippen LogP contribution in [0, 0.1) is 6.92 Å². The first-order chi connectivity index (χ1) is 14.8. The molecule has 3 aromatic rings. The summed E-state index contributed by atoms with van der Waals surface area (Å²) in [6.07, 6.45) is 0. The molecule has 0 fully saturated rings. The van der Waals surface area contributed by atoms with Gasteiger partial charge in [0, 0.05) is 12.2 Å². The van der Waals surface area contributed by atoms with Gasteiger partial charge in [0.25, 0.3) is 0 Å². The van der Waals surface area contributed by atoms with Crippen molar-refractivity contribution in [2.75, 3.05) is 12.4 Å². The van der Waals surface area contributed by atoms with Crippen LogP contribution in [0.25, 0.3) is 0 Å². The number of rotatable bonds is 8. The minimum Gasteiger partial charge on any atom is -0.493 e. The molecule has 0 atom stereocenters. The summed E-state index contributed by atoms with van der Waals surface area (Å²) in [4.78, 5) is 11.2. The average molecular weight is 525 g/mol. The van der Waals surface area contributed by atoms with Crippen LogP contribution in [0.2, 0.25) is 10.0 Å². The molecule has 0 aliphatic heterocycles. The monoisotopic (exact) mass is 523 g/mol. The average Bonchev–Trinajstić information content (AvgIpc) is 2.74. The Kier molecular flexibility index (Phi) is 7.70. The van der Waals surface area contributed by atoms with Gasteiger partial charge in [-0.05, 0) is 75.9 Å². The SMILES string of the molecule is COc1cc(CNc2cc(C(=O)O)ccc2C)cc(Br)c1OCc1ccc(Cl)c(Cl)c1. The van der Waals surface area contributed by atoms with Crippen molar-refractivity contribution in [2.24, 2.45) is 0 Å². The Morgan fingerprint density at radius 3 is 2.52 bits per heavy atom. The molecule has 0 amide bonds.